The number of halogens is 2. The van der Waals surface area contributed by atoms with Gasteiger partial charge in [-0.1, -0.05) is 11.6 Å². The third-order valence-electron chi connectivity index (χ3n) is 2.07. The molecule has 0 amide bonds. The van der Waals surface area contributed by atoms with Gasteiger partial charge in [0.1, 0.15) is 5.82 Å². The van der Waals surface area contributed by atoms with Crippen molar-refractivity contribution in [2.45, 2.75) is 0 Å². The van der Waals surface area contributed by atoms with Crippen molar-refractivity contribution in [3.8, 4) is 5.69 Å². The summed E-state index contributed by atoms with van der Waals surface area (Å²) >= 11 is 5.63. The van der Waals surface area contributed by atoms with Crippen LogP contribution in [0, 0.1) is 5.82 Å². The van der Waals surface area contributed by atoms with Gasteiger partial charge >= 0.3 is 0 Å². The van der Waals surface area contributed by atoms with E-state index >= 15 is 0 Å². The van der Waals surface area contributed by atoms with Gasteiger partial charge in [0, 0.05) is 11.2 Å². The Bertz CT molecular complexity index is 507. The van der Waals surface area contributed by atoms with Crippen molar-refractivity contribution >= 4 is 17.9 Å². The molecular formula is C11H7ClFNO. The number of rotatable bonds is 2. The van der Waals surface area contributed by atoms with Crippen LogP contribution in [0.4, 0.5) is 4.39 Å². The zero-order valence-corrected chi connectivity index (χ0v) is 8.41. The van der Waals surface area contributed by atoms with E-state index in [-0.39, 0.29) is 0 Å². The monoisotopic (exact) mass is 223 g/mol. The third-order valence-corrected chi connectivity index (χ3v) is 2.31. The molecule has 0 saturated carbocycles. The quantitative estimate of drug-likeness (QED) is 0.717. The SMILES string of the molecule is O=Cc1cccn1-c1ccc(Cl)cc1F. The molecule has 15 heavy (non-hydrogen) atoms. The van der Waals surface area contributed by atoms with E-state index in [1.807, 2.05) is 0 Å². The molecule has 2 rings (SSSR count). The first-order chi connectivity index (χ1) is 7.22. The van der Waals surface area contributed by atoms with Crippen molar-refractivity contribution < 1.29 is 9.18 Å². The molecule has 0 aliphatic heterocycles. The number of carbonyl (C=O) groups is 1. The highest BCUT2D eigenvalue weighted by Crippen LogP contribution is 2.19. The Kier molecular flexibility index (Phi) is 2.56. The Morgan fingerprint density at radius 2 is 2.13 bits per heavy atom. The molecular weight excluding hydrogens is 217 g/mol. The number of benzene rings is 1. The van der Waals surface area contributed by atoms with Gasteiger partial charge in [-0.2, -0.15) is 0 Å². The minimum atomic E-state index is -0.457. The lowest BCUT2D eigenvalue weighted by Gasteiger charge is -2.06. The largest absolute Gasteiger partial charge is 0.311 e. The van der Waals surface area contributed by atoms with Gasteiger partial charge < -0.3 is 4.57 Å². The summed E-state index contributed by atoms with van der Waals surface area (Å²) in [5.41, 5.74) is 0.711. The van der Waals surface area contributed by atoms with Gasteiger partial charge in [-0.25, -0.2) is 4.39 Å². The van der Waals surface area contributed by atoms with E-state index in [1.165, 1.54) is 16.7 Å². The molecule has 1 aromatic heterocycles. The number of hydrogen-bond donors (Lipinski definition) is 0. The standard InChI is InChI=1S/C11H7ClFNO/c12-8-3-4-11(10(13)6-8)14-5-1-2-9(14)7-15/h1-7H. The Hall–Kier alpha value is -1.61. The van der Waals surface area contributed by atoms with Gasteiger partial charge in [0.25, 0.3) is 0 Å². The first-order valence-electron chi connectivity index (χ1n) is 4.30. The Morgan fingerprint density at radius 3 is 2.80 bits per heavy atom. The number of hydrogen-bond acceptors (Lipinski definition) is 1. The molecule has 76 valence electrons. The molecule has 1 aromatic carbocycles. The molecule has 0 atom stereocenters. The first kappa shape index (κ1) is 9.93. The van der Waals surface area contributed by atoms with Crippen molar-refractivity contribution in [3.05, 3.63) is 53.1 Å². The van der Waals surface area contributed by atoms with Crippen LogP contribution in [0.25, 0.3) is 5.69 Å². The molecule has 0 aliphatic rings. The van der Waals surface area contributed by atoms with Crippen LogP contribution in [0.5, 0.6) is 0 Å². The van der Waals surface area contributed by atoms with Crippen LogP contribution in [0.3, 0.4) is 0 Å². The molecule has 0 unspecified atom stereocenters. The number of aldehydes is 1. The molecule has 0 bridgehead atoms. The highest BCUT2D eigenvalue weighted by Gasteiger charge is 2.07. The van der Waals surface area contributed by atoms with Crippen molar-refractivity contribution in [2.24, 2.45) is 0 Å². The van der Waals surface area contributed by atoms with Crippen LogP contribution in [0.2, 0.25) is 5.02 Å². The Labute approximate surface area is 90.9 Å². The van der Waals surface area contributed by atoms with Crippen LogP contribution in [0.1, 0.15) is 10.5 Å². The van der Waals surface area contributed by atoms with Gasteiger partial charge in [0.15, 0.2) is 6.29 Å². The van der Waals surface area contributed by atoms with E-state index in [1.54, 1.807) is 24.4 Å². The maximum absolute atomic E-state index is 13.5. The predicted molar refractivity (Wildman–Crippen MR) is 56.1 cm³/mol. The third kappa shape index (κ3) is 1.78. The molecule has 0 spiro atoms. The van der Waals surface area contributed by atoms with Crippen molar-refractivity contribution in [1.29, 1.82) is 0 Å². The number of aromatic nitrogens is 1. The average molecular weight is 224 g/mol. The second-order valence-corrected chi connectivity index (χ2v) is 3.45. The summed E-state index contributed by atoms with van der Waals surface area (Å²) in [7, 11) is 0. The zero-order valence-electron chi connectivity index (χ0n) is 7.65. The van der Waals surface area contributed by atoms with Crippen molar-refractivity contribution in [2.75, 3.05) is 0 Å². The van der Waals surface area contributed by atoms with Crippen LogP contribution in [0.15, 0.2) is 36.5 Å². The molecule has 1 heterocycles. The summed E-state index contributed by atoms with van der Waals surface area (Å²) in [5.74, 6) is -0.457. The van der Waals surface area contributed by atoms with Gasteiger partial charge in [0.2, 0.25) is 0 Å². The van der Waals surface area contributed by atoms with Crippen molar-refractivity contribution in [3.63, 3.8) is 0 Å². The van der Waals surface area contributed by atoms with E-state index in [9.17, 15) is 9.18 Å². The topological polar surface area (TPSA) is 22.0 Å². The molecule has 4 heteroatoms. The summed E-state index contributed by atoms with van der Waals surface area (Å²) in [6.07, 6.45) is 2.30. The van der Waals surface area contributed by atoms with E-state index in [2.05, 4.69) is 0 Å². The van der Waals surface area contributed by atoms with E-state index in [0.29, 0.717) is 22.7 Å². The lowest BCUT2D eigenvalue weighted by Crippen LogP contribution is -2.00. The van der Waals surface area contributed by atoms with Crippen LogP contribution >= 0.6 is 11.6 Å². The average Bonchev–Trinajstić information content (AvgIpc) is 2.65. The number of nitrogens with zero attached hydrogens (tertiary/aromatic N) is 1. The van der Waals surface area contributed by atoms with Crippen LogP contribution in [-0.4, -0.2) is 10.9 Å². The summed E-state index contributed by atoms with van der Waals surface area (Å²) in [5, 5.41) is 0.330. The predicted octanol–water partition coefficient (Wildman–Crippen LogP) is 3.08. The summed E-state index contributed by atoms with van der Waals surface area (Å²) in [4.78, 5) is 10.7. The van der Waals surface area contributed by atoms with Gasteiger partial charge in [-0.15, -0.1) is 0 Å². The number of carbonyl (C=O) groups excluding carboxylic acids is 1. The Morgan fingerprint density at radius 1 is 1.33 bits per heavy atom. The van der Waals surface area contributed by atoms with E-state index in [0.717, 1.165) is 0 Å². The molecule has 0 saturated heterocycles. The first-order valence-corrected chi connectivity index (χ1v) is 4.68. The second kappa shape index (κ2) is 3.87. The fraction of sp³-hybridized carbons (Fsp3) is 0. The maximum atomic E-state index is 13.5. The van der Waals surface area contributed by atoms with Crippen LogP contribution < -0.4 is 0 Å². The maximum Gasteiger partial charge on any atom is 0.166 e. The fourth-order valence-electron chi connectivity index (χ4n) is 1.39. The summed E-state index contributed by atoms with van der Waals surface area (Å²) < 4.78 is 15.0. The lowest BCUT2D eigenvalue weighted by molar-refractivity contribution is 0.111. The van der Waals surface area contributed by atoms with Crippen LogP contribution in [-0.2, 0) is 0 Å². The minimum absolute atomic E-state index is 0.312. The van der Waals surface area contributed by atoms with Crippen molar-refractivity contribution in [1.82, 2.24) is 4.57 Å². The molecule has 0 N–H and O–H groups in total. The normalized spacial score (nSPS) is 10.3. The zero-order chi connectivity index (χ0) is 10.8. The lowest BCUT2D eigenvalue weighted by atomic mass is 10.3. The molecule has 2 aromatic rings. The highest BCUT2D eigenvalue weighted by atomic mass is 35.5. The minimum Gasteiger partial charge on any atom is -0.311 e. The summed E-state index contributed by atoms with van der Waals surface area (Å²) in [6.45, 7) is 0. The second-order valence-electron chi connectivity index (χ2n) is 3.02. The molecule has 0 aliphatic carbocycles. The van der Waals surface area contributed by atoms with Gasteiger partial charge in [-0.3, -0.25) is 4.79 Å². The highest BCUT2D eigenvalue weighted by molar-refractivity contribution is 6.30. The molecule has 2 nitrogen and oxygen atoms in total. The molecule has 0 fully saturated rings. The van der Waals surface area contributed by atoms with Gasteiger partial charge in [-0.05, 0) is 30.3 Å². The van der Waals surface area contributed by atoms with E-state index in [4.69, 9.17) is 11.6 Å². The summed E-state index contributed by atoms with van der Waals surface area (Å²) in [6, 6.07) is 7.61. The smallest absolute Gasteiger partial charge is 0.166 e. The molecule has 0 radical (unpaired) electrons. The Balaban J connectivity index is 2.59. The fourth-order valence-corrected chi connectivity index (χ4v) is 1.54. The van der Waals surface area contributed by atoms with E-state index < -0.39 is 5.82 Å². The van der Waals surface area contributed by atoms with Gasteiger partial charge in [0.05, 0.1) is 11.4 Å².